The molecule has 0 aliphatic carbocycles. The number of hydrogen-bond donors (Lipinski definition) is 1. The van der Waals surface area contributed by atoms with Crippen molar-refractivity contribution in [2.75, 3.05) is 31.1 Å². The van der Waals surface area contributed by atoms with Crippen LogP contribution in [0.2, 0.25) is 0 Å². The monoisotopic (exact) mass is 450 g/mol. The van der Waals surface area contributed by atoms with E-state index in [-0.39, 0.29) is 36.4 Å². The quantitative estimate of drug-likeness (QED) is 0.563. The van der Waals surface area contributed by atoms with Crippen LogP contribution < -0.4 is 10.6 Å². The highest BCUT2D eigenvalue weighted by atomic mass is 19.2. The van der Waals surface area contributed by atoms with E-state index in [1.165, 1.54) is 24.3 Å². The summed E-state index contributed by atoms with van der Waals surface area (Å²) >= 11 is 0. The molecule has 4 rings (SSSR count). The van der Waals surface area contributed by atoms with E-state index >= 15 is 0 Å². The number of rotatable bonds is 5. The number of amides is 3. The zero-order valence-corrected chi connectivity index (χ0v) is 17.1. The van der Waals surface area contributed by atoms with Gasteiger partial charge in [0.25, 0.3) is 0 Å². The van der Waals surface area contributed by atoms with Gasteiger partial charge in [0.05, 0.1) is 6.04 Å². The van der Waals surface area contributed by atoms with E-state index in [1.54, 1.807) is 14.7 Å². The number of urea groups is 1. The molecule has 170 valence electrons. The highest BCUT2D eigenvalue weighted by Gasteiger charge is 2.42. The van der Waals surface area contributed by atoms with Crippen LogP contribution in [-0.4, -0.2) is 60.0 Å². The summed E-state index contributed by atoms with van der Waals surface area (Å²) in [6.07, 6.45) is -0.213. The number of piperazine rings is 1. The van der Waals surface area contributed by atoms with Crippen molar-refractivity contribution in [1.82, 2.24) is 9.80 Å². The molecule has 2 aromatic rings. The van der Waals surface area contributed by atoms with Crippen molar-refractivity contribution in [3.05, 3.63) is 65.2 Å². The summed E-state index contributed by atoms with van der Waals surface area (Å²) in [6.45, 7) is 1.35. The van der Waals surface area contributed by atoms with Gasteiger partial charge in [-0.3, -0.25) is 9.69 Å². The Balaban J connectivity index is 1.36. The first kappa shape index (κ1) is 22.1. The zero-order valence-electron chi connectivity index (χ0n) is 17.1. The summed E-state index contributed by atoms with van der Waals surface area (Å²) in [5.41, 5.74) is 6.47. The number of halogens is 4. The molecular weight excluding hydrogens is 428 g/mol. The molecule has 10 heteroatoms. The molecule has 32 heavy (non-hydrogen) atoms. The topological polar surface area (TPSA) is 69.9 Å². The van der Waals surface area contributed by atoms with Gasteiger partial charge in [-0.2, -0.15) is 0 Å². The Morgan fingerprint density at radius 1 is 1.00 bits per heavy atom. The van der Waals surface area contributed by atoms with Crippen molar-refractivity contribution in [2.45, 2.75) is 24.9 Å². The van der Waals surface area contributed by atoms with Crippen LogP contribution in [0.25, 0.3) is 0 Å². The maximum absolute atomic E-state index is 13.8. The molecule has 2 aliphatic heterocycles. The van der Waals surface area contributed by atoms with E-state index in [2.05, 4.69) is 0 Å². The minimum absolute atomic E-state index is 0.0923. The SMILES string of the molecule is N[C@@H](CC(=O)N1CCN2C(=O)N(c3ccc(F)cc3)CC2C1)Cc1cc(F)c(F)cc1F. The van der Waals surface area contributed by atoms with Crippen molar-refractivity contribution in [3.8, 4) is 0 Å². The van der Waals surface area contributed by atoms with E-state index in [4.69, 9.17) is 5.73 Å². The third kappa shape index (κ3) is 4.40. The average molecular weight is 450 g/mol. The predicted octanol–water partition coefficient (Wildman–Crippen LogP) is 2.66. The van der Waals surface area contributed by atoms with Crippen LogP contribution >= 0.6 is 0 Å². The molecule has 1 unspecified atom stereocenters. The lowest BCUT2D eigenvalue weighted by Crippen LogP contribution is -2.54. The number of benzene rings is 2. The minimum Gasteiger partial charge on any atom is -0.339 e. The molecule has 6 nitrogen and oxygen atoms in total. The zero-order chi connectivity index (χ0) is 23.0. The summed E-state index contributed by atoms with van der Waals surface area (Å²) in [7, 11) is 0. The number of hydrogen-bond acceptors (Lipinski definition) is 3. The summed E-state index contributed by atoms with van der Waals surface area (Å²) < 4.78 is 53.5. The lowest BCUT2D eigenvalue weighted by Gasteiger charge is -2.36. The smallest absolute Gasteiger partial charge is 0.324 e. The predicted molar refractivity (Wildman–Crippen MR) is 109 cm³/mol. The molecule has 0 spiro atoms. The van der Waals surface area contributed by atoms with E-state index in [0.717, 1.165) is 6.07 Å². The Kier molecular flexibility index (Phi) is 6.05. The molecule has 2 fully saturated rings. The first-order valence-electron chi connectivity index (χ1n) is 10.2. The van der Waals surface area contributed by atoms with Crippen LogP contribution in [-0.2, 0) is 11.2 Å². The number of fused-ring (bicyclic) bond motifs is 1. The Morgan fingerprint density at radius 3 is 2.41 bits per heavy atom. The average Bonchev–Trinajstić information content (AvgIpc) is 3.08. The van der Waals surface area contributed by atoms with Crippen molar-refractivity contribution < 1.29 is 27.2 Å². The molecule has 2 saturated heterocycles. The lowest BCUT2D eigenvalue weighted by atomic mass is 10.0. The molecule has 2 atom stereocenters. The first-order valence-corrected chi connectivity index (χ1v) is 10.2. The minimum atomic E-state index is -1.28. The van der Waals surface area contributed by atoms with Crippen molar-refractivity contribution in [3.63, 3.8) is 0 Å². The molecule has 2 heterocycles. The Morgan fingerprint density at radius 2 is 1.69 bits per heavy atom. The van der Waals surface area contributed by atoms with Gasteiger partial charge in [-0.05, 0) is 42.3 Å². The van der Waals surface area contributed by atoms with E-state index < -0.39 is 29.3 Å². The van der Waals surface area contributed by atoms with Gasteiger partial charge in [0, 0.05) is 50.4 Å². The van der Waals surface area contributed by atoms with Gasteiger partial charge in [-0.25, -0.2) is 22.4 Å². The first-order chi connectivity index (χ1) is 15.2. The van der Waals surface area contributed by atoms with Crippen molar-refractivity contribution in [2.24, 2.45) is 5.73 Å². The second kappa shape index (κ2) is 8.78. The third-order valence-electron chi connectivity index (χ3n) is 5.85. The fraction of sp³-hybridized carbons (Fsp3) is 0.364. The van der Waals surface area contributed by atoms with E-state index in [0.29, 0.717) is 37.9 Å². The Hall–Kier alpha value is -3.14. The summed E-state index contributed by atoms with van der Waals surface area (Å²) in [5.74, 6) is -4.02. The normalized spacial score (nSPS) is 19.3. The number of carbonyl (C=O) groups excluding carboxylic acids is 2. The van der Waals surface area contributed by atoms with Crippen LogP contribution in [0.15, 0.2) is 36.4 Å². The summed E-state index contributed by atoms with van der Waals surface area (Å²) in [6, 6.07) is 5.66. The highest BCUT2D eigenvalue weighted by Crippen LogP contribution is 2.27. The van der Waals surface area contributed by atoms with Gasteiger partial charge in [0.15, 0.2) is 11.6 Å². The standard InChI is InChI=1S/C22H22F4N4O2/c23-14-1-3-16(4-2-14)30-12-17-11-28(5-6-29(17)22(30)32)21(31)9-15(27)7-13-8-19(25)20(26)10-18(13)24/h1-4,8,10,15,17H,5-7,9,11-12,27H2/t15-,17?/m1/s1. The molecular formula is C22H22F4N4O2. The van der Waals surface area contributed by atoms with Gasteiger partial charge in [0.1, 0.15) is 11.6 Å². The summed E-state index contributed by atoms with van der Waals surface area (Å²) in [4.78, 5) is 30.3. The number of anilines is 1. The van der Waals surface area contributed by atoms with E-state index in [1.807, 2.05) is 0 Å². The molecule has 2 N–H and O–H groups in total. The molecule has 0 aromatic heterocycles. The van der Waals surface area contributed by atoms with Crippen LogP contribution in [0.1, 0.15) is 12.0 Å². The number of carbonyl (C=O) groups is 2. The lowest BCUT2D eigenvalue weighted by molar-refractivity contribution is -0.133. The van der Waals surface area contributed by atoms with Gasteiger partial charge in [0.2, 0.25) is 5.91 Å². The van der Waals surface area contributed by atoms with Crippen LogP contribution in [0.5, 0.6) is 0 Å². The fourth-order valence-corrected chi connectivity index (χ4v) is 4.20. The van der Waals surface area contributed by atoms with Gasteiger partial charge in [-0.15, -0.1) is 0 Å². The molecule has 3 amide bonds. The molecule has 0 saturated carbocycles. The van der Waals surface area contributed by atoms with Crippen LogP contribution in [0.3, 0.4) is 0 Å². The number of nitrogens with zero attached hydrogens (tertiary/aromatic N) is 3. The Labute approximate surface area is 182 Å². The summed E-state index contributed by atoms with van der Waals surface area (Å²) in [5, 5.41) is 0. The maximum atomic E-state index is 13.8. The van der Waals surface area contributed by atoms with Crippen LogP contribution in [0, 0.1) is 23.3 Å². The van der Waals surface area contributed by atoms with Gasteiger partial charge < -0.3 is 15.5 Å². The molecule has 2 aliphatic rings. The van der Waals surface area contributed by atoms with Crippen molar-refractivity contribution in [1.29, 1.82) is 0 Å². The molecule has 2 aromatic carbocycles. The fourth-order valence-electron chi connectivity index (χ4n) is 4.20. The van der Waals surface area contributed by atoms with Gasteiger partial charge in [-0.1, -0.05) is 0 Å². The third-order valence-corrected chi connectivity index (χ3v) is 5.85. The largest absolute Gasteiger partial charge is 0.339 e. The second-order valence-electron chi connectivity index (χ2n) is 8.08. The molecule has 0 bridgehead atoms. The number of nitrogens with two attached hydrogens (primary N) is 1. The molecule has 0 radical (unpaired) electrons. The Bertz CT molecular complexity index is 1030. The van der Waals surface area contributed by atoms with E-state index in [9.17, 15) is 27.2 Å². The van der Waals surface area contributed by atoms with Crippen LogP contribution in [0.4, 0.5) is 28.0 Å². The second-order valence-corrected chi connectivity index (χ2v) is 8.08. The maximum Gasteiger partial charge on any atom is 0.324 e. The van der Waals surface area contributed by atoms with Gasteiger partial charge >= 0.3 is 6.03 Å². The van der Waals surface area contributed by atoms with Crippen molar-refractivity contribution >= 4 is 17.6 Å². The highest BCUT2D eigenvalue weighted by molar-refractivity contribution is 5.95.